The number of alkyl halides is 3. The summed E-state index contributed by atoms with van der Waals surface area (Å²) in [5.74, 6) is -0.0897. The van der Waals surface area contributed by atoms with Gasteiger partial charge in [0.05, 0.1) is 13.2 Å². The molecule has 0 spiro atoms. The molecule has 0 saturated heterocycles. The van der Waals surface area contributed by atoms with Crippen molar-refractivity contribution in [3.05, 3.63) is 41.4 Å². The molecule has 0 radical (unpaired) electrons. The molecule has 4 rings (SSSR count). The number of hydrogen-bond donors (Lipinski definition) is 3. The summed E-state index contributed by atoms with van der Waals surface area (Å²) in [7, 11) is 1.33. The number of fused-ring (bicyclic) bond motifs is 1. The Kier molecular flexibility index (Phi) is 8.28. The molecule has 2 heterocycles. The van der Waals surface area contributed by atoms with Crippen molar-refractivity contribution in [1.29, 1.82) is 0 Å². The van der Waals surface area contributed by atoms with Crippen LogP contribution in [0.4, 0.5) is 18.0 Å². The molecule has 0 unspecified atom stereocenters. The molecule has 1 aromatic carbocycles. The fraction of sp³-hybridized carbons (Fsp3) is 0.462. The maximum atomic E-state index is 13.3. The minimum Gasteiger partial charge on any atom is -0.494 e. The number of hydrogen-bond acceptors (Lipinski definition) is 8. The third-order valence-corrected chi connectivity index (χ3v) is 6.38. The van der Waals surface area contributed by atoms with Gasteiger partial charge >= 0.3 is 12.3 Å². The Hall–Kier alpha value is -3.87. The van der Waals surface area contributed by atoms with Crippen molar-refractivity contribution < 1.29 is 36.7 Å². The lowest BCUT2D eigenvalue weighted by molar-refractivity contribution is -0.140. The molecule has 2 amide bonds. The third kappa shape index (κ3) is 6.24. The predicted molar refractivity (Wildman–Crippen MR) is 135 cm³/mol. The maximum absolute atomic E-state index is 13.3. The molecule has 10 nitrogen and oxygen atoms in total. The van der Waals surface area contributed by atoms with E-state index in [4.69, 9.17) is 19.6 Å². The SMILES string of the molecule is CCCNC(=O)O[C@H]1C[C@@H](CNC(=O)c2nc(-c3ccc(OC)c4nc(C(F)(F)F)ccc34)oc2[C@H](C)N)C1. The van der Waals surface area contributed by atoms with Crippen molar-refractivity contribution in [2.75, 3.05) is 20.2 Å². The van der Waals surface area contributed by atoms with E-state index in [-0.39, 0.29) is 40.6 Å². The molecule has 3 aromatic rings. The van der Waals surface area contributed by atoms with Crippen LogP contribution in [0.2, 0.25) is 0 Å². The average molecular weight is 550 g/mol. The number of aromatic nitrogens is 2. The summed E-state index contributed by atoms with van der Waals surface area (Å²) < 4.78 is 56.2. The van der Waals surface area contributed by atoms with Gasteiger partial charge in [0.2, 0.25) is 5.89 Å². The van der Waals surface area contributed by atoms with Crippen LogP contribution in [-0.2, 0) is 10.9 Å². The van der Waals surface area contributed by atoms with E-state index in [2.05, 4.69) is 20.6 Å². The second-order valence-electron chi connectivity index (χ2n) is 9.43. The smallest absolute Gasteiger partial charge is 0.433 e. The van der Waals surface area contributed by atoms with Crippen LogP contribution in [0.15, 0.2) is 28.7 Å². The normalized spacial score (nSPS) is 17.8. The molecule has 1 fully saturated rings. The quantitative estimate of drug-likeness (QED) is 0.352. The van der Waals surface area contributed by atoms with Gasteiger partial charge in [-0.2, -0.15) is 13.2 Å². The average Bonchev–Trinajstić information content (AvgIpc) is 3.32. The molecule has 210 valence electrons. The zero-order valence-corrected chi connectivity index (χ0v) is 21.7. The highest BCUT2D eigenvalue weighted by molar-refractivity contribution is 5.98. The highest BCUT2D eigenvalue weighted by Gasteiger charge is 2.34. The summed E-state index contributed by atoms with van der Waals surface area (Å²) in [5, 5.41) is 5.77. The molecule has 4 N–H and O–H groups in total. The Balaban J connectivity index is 1.51. The summed E-state index contributed by atoms with van der Waals surface area (Å²) in [4.78, 5) is 32.8. The first-order valence-corrected chi connectivity index (χ1v) is 12.6. The van der Waals surface area contributed by atoms with E-state index >= 15 is 0 Å². The van der Waals surface area contributed by atoms with Crippen molar-refractivity contribution in [3.8, 4) is 17.2 Å². The van der Waals surface area contributed by atoms with Gasteiger partial charge in [0.1, 0.15) is 23.1 Å². The fourth-order valence-electron chi connectivity index (χ4n) is 4.30. The van der Waals surface area contributed by atoms with Gasteiger partial charge in [-0.1, -0.05) is 6.92 Å². The first-order chi connectivity index (χ1) is 18.5. The topological polar surface area (TPSA) is 142 Å². The fourth-order valence-corrected chi connectivity index (χ4v) is 4.30. The van der Waals surface area contributed by atoms with Gasteiger partial charge in [0.25, 0.3) is 5.91 Å². The van der Waals surface area contributed by atoms with Crippen LogP contribution in [0, 0.1) is 5.92 Å². The molecule has 1 aliphatic carbocycles. The van der Waals surface area contributed by atoms with Gasteiger partial charge < -0.3 is 30.3 Å². The third-order valence-electron chi connectivity index (χ3n) is 6.38. The van der Waals surface area contributed by atoms with E-state index in [1.165, 1.54) is 19.2 Å². The molecular weight excluding hydrogens is 519 g/mol. The van der Waals surface area contributed by atoms with Crippen LogP contribution < -0.4 is 21.1 Å². The minimum atomic E-state index is -4.64. The van der Waals surface area contributed by atoms with Crippen molar-refractivity contribution in [2.24, 2.45) is 11.7 Å². The van der Waals surface area contributed by atoms with Gasteiger partial charge in [0.15, 0.2) is 11.5 Å². The molecule has 2 aromatic heterocycles. The number of alkyl carbamates (subject to hydrolysis) is 1. The molecule has 1 saturated carbocycles. The van der Waals surface area contributed by atoms with Gasteiger partial charge in [-0.25, -0.2) is 14.8 Å². The van der Waals surface area contributed by atoms with Crippen LogP contribution in [0.1, 0.15) is 61.1 Å². The highest BCUT2D eigenvalue weighted by atomic mass is 19.4. The number of carbonyl (C=O) groups is 2. The van der Waals surface area contributed by atoms with Crippen molar-refractivity contribution >= 4 is 22.9 Å². The van der Waals surface area contributed by atoms with Crippen LogP contribution in [0.25, 0.3) is 22.4 Å². The van der Waals surface area contributed by atoms with Gasteiger partial charge in [-0.3, -0.25) is 4.79 Å². The van der Waals surface area contributed by atoms with Crippen LogP contribution in [0.3, 0.4) is 0 Å². The molecule has 13 heteroatoms. The molecule has 0 aliphatic heterocycles. The van der Waals surface area contributed by atoms with E-state index in [9.17, 15) is 22.8 Å². The number of methoxy groups -OCH3 is 1. The number of pyridine rings is 1. The Morgan fingerprint density at radius 2 is 1.92 bits per heavy atom. The highest BCUT2D eigenvalue weighted by Crippen LogP contribution is 2.37. The zero-order valence-electron chi connectivity index (χ0n) is 21.7. The van der Waals surface area contributed by atoms with Crippen LogP contribution >= 0.6 is 0 Å². The number of nitrogens with two attached hydrogens (primary N) is 1. The van der Waals surface area contributed by atoms with E-state index < -0.39 is 29.9 Å². The number of nitrogens with one attached hydrogen (secondary N) is 2. The number of amides is 2. The summed E-state index contributed by atoms with van der Waals surface area (Å²) in [5.41, 5.74) is 5.25. The van der Waals surface area contributed by atoms with Crippen molar-refractivity contribution in [3.63, 3.8) is 0 Å². The first kappa shape index (κ1) is 28.1. The van der Waals surface area contributed by atoms with Crippen LogP contribution in [-0.4, -0.2) is 48.3 Å². The van der Waals surface area contributed by atoms with Crippen LogP contribution in [0.5, 0.6) is 5.75 Å². The monoisotopic (exact) mass is 549 g/mol. The summed E-state index contributed by atoms with van der Waals surface area (Å²) in [6, 6.07) is 4.46. The van der Waals surface area contributed by atoms with E-state index in [0.29, 0.717) is 36.9 Å². The van der Waals surface area contributed by atoms with E-state index in [1.54, 1.807) is 13.0 Å². The zero-order chi connectivity index (χ0) is 28.3. The molecule has 1 aliphatic rings. The van der Waals surface area contributed by atoms with Gasteiger partial charge in [-0.15, -0.1) is 0 Å². The Morgan fingerprint density at radius 1 is 1.18 bits per heavy atom. The van der Waals surface area contributed by atoms with E-state index in [0.717, 1.165) is 12.5 Å². The lowest BCUT2D eigenvalue weighted by Crippen LogP contribution is -2.42. The number of nitrogens with zero attached hydrogens (tertiary/aromatic N) is 2. The molecular formula is C26H30F3N5O5. The summed E-state index contributed by atoms with van der Waals surface area (Å²) in [6.07, 6.45) is -3.23. The number of ether oxygens (including phenoxy) is 2. The Labute approximate surface area is 222 Å². The lowest BCUT2D eigenvalue weighted by Gasteiger charge is -2.34. The number of halogens is 3. The molecule has 1 atom stereocenters. The Morgan fingerprint density at radius 3 is 2.56 bits per heavy atom. The first-order valence-electron chi connectivity index (χ1n) is 12.6. The maximum Gasteiger partial charge on any atom is 0.433 e. The second-order valence-corrected chi connectivity index (χ2v) is 9.43. The number of carbonyl (C=O) groups excluding carboxylic acids is 2. The van der Waals surface area contributed by atoms with Gasteiger partial charge in [0, 0.05) is 24.0 Å². The Bertz CT molecular complexity index is 1350. The van der Waals surface area contributed by atoms with Gasteiger partial charge in [-0.05, 0) is 56.4 Å². The molecule has 0 bridgehead atoms. The standard InChI is InChI=1S/C26H30F3N5O5/c1-4-9-31-25(36)38-15-10-14(11-15)12-32-23(35)21-22(13(2)30)39-24(34-21)17-5-7-18(37-3)20-16(17)6-8-19(33-20)26(27,28)29/h5-8,13-15H,4,9-12,30H2,1-3H3,(H,31,36)(H,32,35)/t13-,14-,15+/m0/s1. The lowest BCUT2D eigenvalue weighted by atomic mass is 9.82. The van der Waals surface area contributed by atoms with Crippen molar-refractivity contribution in [2.45, 2.75) is 51.4 Å². The summed E-state index contributed by atoms with van der Waals surface area (Å²) >= 11 is 0. The minimum absolute atomic E-state index is 0.0110. The summed E-state index contributed by atoms with van der Waals surface area (Å²) in [6.45, 7) is 4.46. The number of oxazole rings is 1. The van der Waals surface area contributed by atoms with Crippen molar-refractivity contribution in [1.82, 2.24) is 20.6 Å². The number of benzene rings is 1. The largest absolute Gasteiger partial charge is 0.494 e. The number of rotatable bonds is 9. The predicted octanol–water partition coefficient (Wildman–Crippen LogP) is 4.58. The van der Waals surface area contributed by atoms with E-state index in [1.807, 2.05) is 6.92 Å². The molecule has 39 heavy (non-hydrogen) atoms. The second kappa shape index (κ2) is 11.5.